The van der Waals surface area contributed by atoms with Crippen LogP contribution in [0.2, 0.25) is 0 Å². The van der Waals surface area contributed by atoms with Gasteiger partial charge in [-0.2, -0.15) is 0 Å². The molecule has 2 rings (SSSR count). The van der Waals surface area contributed by atoms with Gasteiger partial charge in [0.2, 0.25) is 5.88 Å². The zero-order valence-electron chi connectivity index (χ0n) is 10.0. The minimum atomic E-state index is -0.0355. The molecule has 90 valence electrons. The van der Waals surface area contributed by atoms with Crippen molar-refractivity contribution in [3.05, 3.63) is 28.8 Å². The van der Waals surface area contributed by atoms with Crippen molar-refractivity contribution in [2.24, 2.45) is 0 Å². The standard InChI is InChI=1S/C12H15N3O2/c1-3-4-7-15-10(16)6-5-9-11(15)13-8-14-12(9)17-2/h5-6,8H,3-4,7H2,1-2H3. The van der Waals surface area contributed by atoms with Crippen LogP contribution in [0.1, 0.15) is 19.8 Å². The smallest absolute Gasteiger partial charge is 0.252 e. The predicted molar refractivity (Wildman–Crippen MR) is 65.3 cm³/mol. The quantitative estimate of drug-likeness (QED) is 0.804. The number of fused-ring (bicyclic) bond motifs is 1. The number of unbranched alkanes of at least 4 members (excludes halogenated alkanes) is 1. The predicted octanol–water partition coefficient (Wildman–Crippen LogP) is 1.60. The van der Waals surface area contributed by atoms with E-state index in [9.17, 15) is 4.79 Å². The van der Waals surface area contributed by atoms with Gasteiger partial charge in [-0.3, -0.25) is 9.36 Å². The van der Waals surface area contributed by atoms with Crippen LogP contribution in [0.4, 0.5) is 0 Å². The topological polar surface area (TPSA) is 57.0 Å². The highest BCUT2D eigenvalue weighted by molar-refractivity contribution is 5.80. The van der Waals surface area contributed by atoms with Crippen LogP contribution in [0.3, 0.4) is 0 Å². The highest BCUT2D eigenvalue weighted by Gasteiger charge is 2.08. The SMILES string of the molecule is CCCCn1c(=O)ccc2c(OC)ncnc21. The van der Waals surface area contributed by atoms with Gasteiger partial charge in [-0.15, -0.1) is 0 Å². The monoisotopic (exact) mass is 233 g/mol. The molecular formula is C12H15N3O2. The zero-order valence-corrected chi connectivity index (χ0v) is 10.0. The van der Waals surface area contributed by atoms with Crippen molar-refractivity contribution in [1.29, 1.82) is 0 Å². The normalized spacial score (nSPS) is 10.7. The van der Waals surface area contributed by atoms with Gasteiger partial charge in [-0.25, -0.2) is 9.97 Å². The summed E-state index contributed by atoms with van der Waals surface area (Å²) in [5.41, 5.74) is 0.601. The molecule has 0 atom stereocenters. The second kappa shape index (κ2) is 4.95. The zero-order chi connectivity index (χ0) is 12.3. The second-order valence-corrected chi connectivity index (χ2v) is 3.80. The summed E-state index contributed by atoms with van der Waals surface area (Å²) in [6, 6.07) is 3.24. The molecule has 17 heavy (non-hydrogen) atoms. The highest BCUT2D eigenvalue weighted by Crippen LogP contribution is 2.19. The maximum absolute atomic E-state index is 11.8. The van der Waals surface area contributed by atoms with Crippen LogP contribution in [-0.2, 0) is 6.54 Å². The van der Waals surface area contributed by atoms with Crippen molar-refractivity contribution in [3.63, 3.8) is 0 Å². The summed E-state index contributed by atoms with van der Waals surface area (Å²) in [4.78, 5) is 20.0. The molecule has 5 heteroatoms. The van der Waals surface area contributed by atoms with Crippen molar-refractivity contribution in [3.8, 4) is 5.88 Å². The fourth-order valence-corrected chi connectivity index (χ4v) is 1.78. The molecule has 0 aliphatic heterocycles. The maximum atomic E-state index is 11.8. The van der Waals surface area contributed by atoms with E-state index in [1.807, 2.05) is 0 Å². The molecule has 0 aliphatic rings. The largest absolute Gasteiger partial charge is 0.480 e. The van der Waals surface area contributed by atoms with E-state index >= 15 is 0 Å². The third-order valence-electron chi connectivity index (χ3n) is 2.67. The van der Waals surface area contributed by atoms with Crippen molar-refractivity contribution < 1.29 is 4.74 Å². The lowest BCUT2D eigenvalue weighted by molar-refractivity contribution is 0.402. The summed E-state index contributed by atoms with van der Waals surface area (Å²) in [5.74, 6) is 0.500. The molecule has 0 bridgehead atoms. The summed E-state index contributed by atoms with van der Waals surface area (Å²) in [6.45, 7) is 2.76. The number of hydrogen-bond acceptors (Lipinski definition) is 4. The van der Waals surface area contributed by atoms with Gasteiger partial charge in [0.25, 0.3) is 5.56 Å². The Balaban J connectivity index is 2.64. The minimum Gasteiger partial charge on any atom is -0.480 e. The molecule has 0 aliphatic carbocycles. The summed E-state index contributed by atoms with van der Waals surface area (Å²) in [7, 11) is 1.56. The number of ether oxygens (including phenoxy) is 1. The molecule has 0 aromatic carbocycles. The molecule has 0 saturated carbocycles. The Bertz CT molecular complexity index is 577. The second-order valence-electron chi connectivity index (χ2n) is 3.80. The van der Waals surface area contributed by atoms with E-state index in [4.69, 9.17) is 4.74 Å². The molecule has 2 heterocycles. The molecule has 0 unspecified atom stereocenters. The van der Waals surface area contributed by atoms with Gasteiger partial charge in [0.1, 0.15) is 12.0 Å². The van der Waals surface area contributed by atoms with Crippen LogP contribution in [0, 0.1) is 0 Å². The van der Waals surface area contributed by atoms with E-state index in [0.717, 1.165) is 18.2 Å². The molecule has 5 nitrogen and oxygen atoms in total. The Morgan fingerprint density at radius 2 is 2.18 bits per heavy atom. The molecule has 2 aromatic heterocycles. The summed E-state index contributed by atoms with van der Waals surface area (Å²) in [6.07, 6.45) is 3.40. The van der Waals surface area contributed by atoms with E-state index in [0.29, 0.717) is 18.1 Å². The average molecular weight is 233 g/mol. The first kappa shape index (κ1) is 11.6. The van der Waals surface area contributed by atoms with Crippen LogP contribution in [-0.4, -0.2) is 21.6 Å². The number of hydrogen-bond donors (Lipinski definition) is 0. The first-order valence-corrected chi connectivity index (χ1v) is 5.66. The number of rotatable bonds is 4. The van der Waals surface area contributed by atoms with Gasteiger partial charge < -0.3 is 4.74 Å². The van der Waals surface area contributed by atoms with Crippen LogP contribution < -0.4 is 10.3 Å². The summed E-state index contributed by atoms with van der Waals surface area (Å²) < 4.78 is 6.83. The Labute approximate surface area is 99.1 Å². The summed E-state index contributed by atoms with van der Waals surface area (Å²) >= 11 is 0. The van der Waals surface area contributed by atoms with E-state index < -0.39 is 0 Å². The molecule has 0 fully saturated rings. The van der Waals surface area contributed by atoms with E-state index in [2.05, 4.69) is 16.9 Å². The molecule has 0 spiro atoms. The number of aromatic nitrogens is 3. The van der Waals surface area contributed by atoms with Crippen LogP contribution >= 0.6 is 0 Å². The van der Waals surface area contributed by atoms with E-state index in [1.165, 1.54) is 12.4 Å². The molecule has 2 aromatic rings. The Morgan fingerprint density at radius 3 is 2.88 bits per heavy atom. The fraction of sp³-hybridized carbons (Fsp3) is 0.417. The van der Waals surface area contributed by atoms with Gasteiger partial charge >= 0.3 is 0 Å². The maximum Gasteiger partial charge on any atom is 0.252 e. The van der Waals surface area contributed by atoms with Crippen molar-refractivity contribution >= 4 is 11.0 Å². The molecule has 0 N–H and O–H groups in total. The molecule has 0 radical (unpaired) electrons. The van der Waals surface area contributed by atoms with E-state index in [-0.39, 0.29) is 5.56 Å². The van der Waals surface area contributed by atoms with Gasteiger partial charge in [0.15, 0.2) is 0 Å². The van der Waals surface area contributed by atoms with Crippen LogP contribution in [0.25, 0.3) is 11.0 Å². The molecular weight excluding hydrogens is 218 g/mol. The summed E-state index contributed by atoms with van der Waals surface area (Å²) in [5, 5.41) is 0.769. The van der Waals surface area contributed by atoms with Gasteiger partial charge in [-0.1, -0.05) is 13.3 Å². The number of nitrogens with zero attached hydrogens (tertiary/aromatic N) is 3. The molecule has 0 saturated heterocycles. The van der Waals surface area contributed by atoms with Crippen LogP contribution in [0.5, 0.6) is 5.88 Å². The van der Waals surface area contributed by atoms with Crippen LogP contribution in [0.15, 0.2) is 23.3 Å². The lowest BCUT2D eigenvalue weighted by Gasteiger charge is -2.09. The van der Waals surface area contributed by atoms with Gasteiger partial charge in [-0.05, 0) is 12.5 Å². The van der Waals surface area contributed by atoms with Crippen molar-refractivity contribution in [1.82, 2.24) is 14.5 Å². The number of pyridine rings is 1. The van der Waals surface area contributed by atoms with Crippen molar-refractivity contribution in [2.75, 3.05) is 7.11 Å². The van der Waals surface area contributed by atoms with Gasteiger partial charge in [0.05, 0.1) is 12.5 Å². The minimum absolute atomic E-state index is 0.0355. The Hall–Kier alpha value is -1.91. The third-order valence-corrected chi connectivity index (χ3v) is 2.67. The van der Waals surface area contributed by atoms with Crippen molar-refractivity contribution in [2.45, 2.75) is 26.3 Å². The lowest BCUT2D eigenvalue weighted by Crippen LogP contribution is -2.20. The Morgan fingerprint density at radius 1 is 1.35 bits per heavy atom. The highest BCUT2D eigenvalue weighted by atomic mass is 16.5. The first-order chi connectivity index (χ1) is 8.27. The third kappa shape index (κ3) is 2.13. The van der Waals surface area contributed by atoms with Gasteiger partial charge in [0, 0.05) is 12.6 Å². The number of methoxy groups -OCH3 is 1. The average Bonchev–Trinajstić information content (AvgIpc) is 2.36. The number of aryl methyl sites for hydroxylation is 1. The fourth-order valence-electron chi connectivity index (χ4n) is 1.78. The first-order valence-electron chi connectivity index (χ1n) is 5.66. The molecule has 0 amide bonds. The lowest BCUT2D eigenvalue weighted by atomic mass is 10.3. The van der Waals surface area contributed by atoms with E-state index in [1.54, 1.807) is 17.7 Å². The Kier molecular flexibility index (Phi) is 3.37.